The van der Waals surface area contributed by atoms with Gasteiger partial charge in [-0.3, -0.25) is 4.79 Å². The van der Waals surface area contributed by atoms with E-state index < -0.39 is 0 Å². The van der Waals surface area contributed by atoms with Crippen molar-refractivity contribution in [2.24, 2.45) is 23.0 Å². The van der Waals surface area contributed by atoms with Crippen LogP contribution in [-0.2, 0) is 9.53 Å². The predicted molar refractivity (Wildman–Crippen MR) is 80.2 cm³/mol. The molecule has 4 heteroatoms. The van der Waals surface area contributed by atoms with Gasteiger partial charge in [0.25, 0.3) is 0 Å². The summed E-state index contributed by atoms with van der Waals surface area (Å²) in [4.78, 5) is 12.8. The van der Waals surface area contributed by atoms with Crippen molar-refractivity contribution >= 4 is 5.91 Å². The highest BCUT2D eigenvalue weighted by atomic mass is 16.5. The first-order valence-electron chi connectivity index (χ1n) is 7.87. The fourth-order valence-corrected chi connectivity index (χ4v) is 3.69. The van der Waals surface area contributed by atoms with Gasteiger partial charge in [0.2, 0.25) is 5.91 Å². The predicted octanol–water partition coefficient (Wildman–Crippen LogP) is 2.07. The first-order chi connectivity index (χ1) is 9.18. The number of nitrogens with two attached hydrogens (primary N) is 1. The van der Waals surface area contributed by atoms with E-state index in [9.17, 15) is 4.79 Å². The Morgan fingerprint density at radius 2 is 1.90 bits per heavy atom. The normalized spacial score (nSPS) is 44.3. The SMILES string of the molecule is CC1OCCC1(C)NC(=O)C1CCC(N)C(C)C1(C)C. The van der Waals surface area contributed by atoms with Crippen molar-refractivity contribution in [3.8, 4) is 0 Å². The van der Waals surface area contributed by atoms with Crippen LogP contribution in [0.2, 0.25) is 0 Å². The number of hydrogen-bond donors (Lipinski definition) is 2. The third-order valence-electron chi connectivity index (χ3n) is 6.11. The first-order valence-corrected chi connectivity index (χ1v) is 7.87. The maximum absolute atomic E-state index is 12.8. The Bertz CT molecular complexity index is 383. The van der Waals surface area contributed by atoms with E-state index in [1.54, 1.807) is 0 Å². The molecular weight excluding hydrogens is 252 g/mol. The van der Waals surface area contributed by atoms with Crippen molar-refractivity contribution in [3.05, 3.63) is 0 Å². The molecule has 3 N–H and O–H groups in total. The molecule has 2 rings (SSSR count). The maximum atomic E-state index is 12.8. The van der Waals surface area contributed by atoms with E-state index in [1.807, 2.05) is 6.92 Å². The van der Waals surface area contributed by atoms with Crippen LogP contribution in [0.15, 0.2) is 0 Å². The fourth-order valence-electron chi connectivity index (χ4n) is 3.69. The Morgan fingerprint density at radius 3 is 2.45 bits per heavy atom. The highest BCUT2D eigenvalue weighted by Gasteiger charge is 2.47. The zero-order valence-corrected chi connectivity index (χ0v) is 13.5. The van der Waals surface area contributed by atoms with Crippen LogP contribution in [0.1, 0.15) is 53.9 Å². The molecule has 1 saturated heterocycles. The zero-order valence-electron chi connectivity index (χ0n) is 13.5. The van der Waals surface area contributed by atoms with Gasteiger partial charge in [-0.2, -0.15) is 0 Å². The van der Waals surface area contributed by atoms with E-state index in [0.29, 0.717) is 5.92 Å². The van der Waals surface area contributed by atoms with Gasteiger partial charge in [-0.25, -0.2) is 0 Å². The van der Waals surface area contributed by atoms with Crippen molar-refractivity contribution in [3.63, 3.8) is 0 Å². The summed E-state index contributed by atoms with van der Waals surface area (Å²) in [6.07, 6.45) is 2.79. The van der Waals surface area contributed by atoms with Crippen molar-refractivity contribution < 1.29 is 9.53 Å². The van der Waals surface area contributed by atoms with Crippen LogP contribution in [0.25, 0.3) is 0 Å². The van der Waals surface area contributed by atoms with Gasteiger partial charge in [0.05, 0.1) is 11.6 Å². The summed E-state index contributed by atoms with van der Waals surface area (Å²) in [5.41, 5.74) is 5.90. The number of nitrogens with one attached hydrogen (secondary N) is 1. The number of carbonyl (C=O) groups is 1. The smallest absolute Gasteiger partial charge is 0.224 e. The van der Waals surface area contributed by atoms with Crippen molar-refractivity contribution in [2.45, 2.75) is 71.6 Å². The molecule has 5 unspecified atom stereocenters. The molecule has 20 heavy (non-hydrogen) atoms. The summed E-state index contributed by atoms with van der Waals surface area (Å²) in [6, 6.07) is 0.207. The van der Waals surface area contributed by atoms with Crippen LogP contribution in [0.5, 0.6) is 0 Å². The molecule has 2 aliphatic rings. The zero-order chi connectivity index (χ0) is 15.1. The molecule has 0 radical (unpaired) electrons. The number of carbonyl (C=O) groups excluding carboxylic acids is 1. The molecule has 4 nitrogen and oxygen atoms in total. The fraction of sp³-hybridized carbons (Fsp3) is 0.938. The lowest BCUT2D eigenvalue weighted by Gasteiger charge is -2.47. The molecule has 0 aromatic carbocycles. The minimum absolute atomic E-state index is 0.0434. The van der Waals surface area contributed by atoms with Gasteiger partial charge in [-0.05, 0) is 44.4 Å². The molecule has 116 valence electrons. The number of amides is 1. The van der Waals surface area contributed by atoms with E-state index in [4.69, 9.17) is 10.5 Å². The van der Waals surface area contributed by atoms with Crippen LogP contribution in [0.4, 0.5) is 0 Å². The summed E-state index contributed by atoms with van der Waals surface area (Å²) in [6.45, 7) is 11.4. The topological polar surface area (TPSA) is 64.3 Å². The van der Waals surface area contributed by atoms with Crippen LogP contribution < -0.4 is 11.1 Å². The Labute approximate surface area is 122 Å². The molecule has 5 atom stereocenters. The third-order valence-corrected chi connectivity index (χ3v) is 6.11. The van der Waals surface area contributed by atoms with E-state index >= 15 is 0 Å². The third kappa shape index (κ3) is 2.60. The lowest BCUT2D eigenvalue weighted by molar-refractivity contribution is -0.135. The second-order valence-corrected chi connectivity index (χ2v) is 7.57. The van der Waals surface area contributed by atoms with Gasteiger partial charge < -0.3 is 15.8 Å². The second kappa shape index (κ2) is 5.30. The molecule has 1 amide bonds. The molecule has 1 heterocycles. The molecule has 0 aromatic rings. The average Bonchev–Trinajstić information content (AvgIpc) is 2.66. The molecule has 0 spiro atoms. The molecular formula is C16H30N2O2. The van der Waals surface area contributed by atoms with Crippen molar-refractivity contribution in [2.75, 3.05) is 6.61 Å². The van der Waals surface area contributed by atoms with E-state index in [1.165, 1.54) is 0 Å². The van der Waals surface area contributed by atoms with Gasteiger partial charge in [-0.1, -0.05) is 20.8 Å². The van der Waals surface area contributed by atoms with E-state index in [0.717, 1.165) is 25.9 Å². The monoisotopic (exact) mass is 282 g/mol. The highest BCUT2D eigenvalue weighted by Crippen LogP contribution is 2.44. The first kappa shape index (κ1) is 15.8. The summed E-state index contributed by atoms with van der Waals surface area (Å²) < 4.78 is 5.61. The minimum Gasteiger partial charge on any atom is -0.376 e. The van der Waals surface area contributed by atoms with Crippen LogP contribution in [0.3, 0.4) is 0 Å². The summed E-state index contributed by atoms with van der Waals surface area (Å²) in [7, 11) is 0. The van der Waals surface area contributed by atoms with Gasteiger partial charge in [-0.15, -0.1) is 0 Å². The van der Waals surface area contributed by atoms with Crippen LogP contribution in [0, 0.1) is 17.3 Å². The van der Waals surface area contributed by atoms with E-state index in [-0.39, 0.29) is 34.9 Å². The molecule has 1 aliphatic heterocycles. The Morgan fingerprint density at radius 1 is 1.25 bits per heavy atom. The lowest BCUT2D eigenvalue weighted by Crippen LogP contribution is -2.57. The quantitative estimate of drug-likeness (QED) is 0.815. The summed E-state index contributed by atoms with van der Waals surface area (Å²) in [5.74, 6) is 0.576. The van der Waals surface area contributed by atoms with E-state index in [2.05, 4.69) is 33.0 Å². The van der Waals surface area contributed by atoms with Crippen molar-refractivity contribution in [1.82, 2.24) is 5.32 Å². The highest BCUT2D eigenvalue weighted by molar-refractivity contribution is 5.80. The maximum Gasteiger partial charge on any atom is 0.224 e. The number of ether oxygens (including phenoxy) is 1. The largest absolute Gasteiger partial charge is 0.376 e. The second-order valence-electron chi connectivity index (χ2n) is 7.57. The molecule has 1 saturated carbocycles. The molecule has 1 aliphatic carbocycles. The van der Waals surface area contributed by atoms with Gasteiger partial charge >= 0.3 is 0 Å². The van der Waals surface area contributed by atoms with Crippen LogP contribution in [-0.4, -0.2) is 30.2 Å². The van der Waals surface area contributed by atoms with Gasteiger partial charge in [0.1, 0.15) is 0 Å². The lowest BCUT2D eigenvalue weighted by atomic mass is 9.60. The Kier molecular flexibility index (Phi) is 4.18. The summed E-state index contributed by atoms with van der Waals surface area (Å²) >= 11 is 0. The number of hydrogen-bond acceptors (Lipinski definition) is 3. The number of rotatable bonds is 2. The van der Waals surface area contributed by atoms with Crippen molar-refractivity contribution in [1.29, 1.82) is 0 Å². The molecule has 0 bridgehead atoms. The Balaban J connectivity index is 2.09. The average molecular weight is 282 g/mol. The minimum atomic E-state index is -0.226. The van der Waals surface area contributed by atoms with Crippen LogP contribution >= 0.6 is 0 Å². The molecule has 0 aromatic heterocycles. The van der Waals surface area contributed by atoms with Gasteiger partial charge in [0.15, 0.2) is 0 Å². The Hall–Kier alpha value is -0.610. The van der Waals surface area contributed by atoms with Gasteiger partial charge in [0, 0.05) is 18.6 Å². The summed E-state index contributed by atoms with van der Waals surface area (Å²) in [5, 5.41) is 3.26. The molecule has 2 fully saturated rings. The standard InChI is InChI=1S/C16H30N2O2/c1-10-13(17)7-6-12(15(10,3)4)14(19)18-16(5)8-9-20-11(16)2/h10-13H,6-9,17H2,1-5H3,(H,18,19).